The minimum absolute atomic E-state index is 0.0791. The van der Waals surface area contributed by atoms with Crippen molar-refractivity contribution in [2.24, 2.45) is 0 Å². The van der Waals surface area contributed by atoms with Gasteiger partial charge in [-0.15, -0.1) is 0 Å². The molecule has 1 N–H and O–H groups in total. The molecule has 7 heteroatoms. The van der Waals surface area contributed by atoms with Crippen molar-refractivity contribution in [3.63, 3.8) is 0 Å². The van der Waals surface area contributed by atoms with E-state index in [2.05, 4.69) is 21.2 Å². The van der Waals surface area contributed by atoms with E-state index in [0.29, 0.717) is 5.75 Å². The van der Waals surface area contributed by atoms with Crippen molar-refractivity contribution in [3.05, 3.63) is 64.1 Å². The van der Waals surface area contributed by atoms with Gasteiger partial charge in [0.15, 0.2) is 0 Å². The number of carbonyl (C=O) groups is 1. The van der Waals surface area contributed by atoms with Gasteiger partial charge in [0.2, 0.25) is 5.91 Å². The monoisotopic (exact) mass is 399 g/mol. The van der Waals surface area contributed by atoms with Crippen LogP contribution in [0.2, 0.25) is 0 Å². The van der Waals surface area contributed by atoms with Crippen LogP contribution in [0.4, 0.5) is 18.9 Å². The van der Waals surface area contributed by atoms with Gasteiger partial charge in [-0.2, -0.15) is 13.2 Å². The summed E-state index contributed by atoms with van der Waals surface area (Å²) in [6, 6.07) is 9.70. The third kappa shape index (κ3) is 4.86. The Hall–Kier alpha value is -2.28. The highest BCUT2D eigenvalue weighted by molar-refractivity contribution is 9.10. The van der Waals surface area contributed by atoms with E-state index in [-0.39, 0.29) is 5.69 Å². The van der Waals surface area contributed by atoms with Crippen LogP contribution >= 0.6 is 15.9 Å². The Morgan fingerprint density at radius 2 is 1.96 bits per heavy atom. The molecule has 1 amide bonds. The van der Waals surface area contributed by atoms with Gasteiger partial charge in [0.05, 0.1) is 17.1 Å². The molecule has 0 aliphatic heterocycles. The van der Waals surface area contributed by atoms with Gasteiger partial charge in [-0.1, -0.05) is 12.1 Å². The van der Waals surface area contributed by atoms with Crippen molar-refractivity contribution in [1.29, 1.82) is 0 Å². The zero-order valence-corrected chi connectivity index (χ0v) is 14.1. The first kappa shape index (κ1) is 18.1. The lowest BCUT2D eigenvalue weighted by Gasteiger charge is -2.08. The lowest BCUT2D eigenvalue weighted by molar-refractivity contribution is -0.137. The van der Waals surface area contributed by atoms with E-state index in [0.717, 1.165) is 22.2 Å². The molecular weight excluding hydrogens is 387 g/mol. The van der Waals surface area contributed by atoms with Crippen LogP contribution in [-0.2, 0) is 11.0 Å². The van der Waals surface area contributed by atoms with Gasteiger partial charge < -0.3 is 10.1 Å². The summed E-state index contributed by atoms with van der Waals surface area (Å²) in [5.74, 6) is 0.127. The molecule has 2 rings (SSSR count). The quantitative estimate of drug-likeness (QED) is 0.723. The second-order valence-electron chi connectivity index (χ2n) is 4.80. The smallest absolute Gasteiger partial charge is 0.416 e. The van der Waals surface area contributed by atoms with Crippen LogP contribution in [0.15, 0.2) is 53.0 Å². The van der Waals surface area contributed by atoms with Crippen molar-refractivity contribution in [1.82, 2.24) is 0 Å². The number of ether oxygens (including phenoxy) is 1. The third-order valence-corrected chi connectivity index (χ3v) is 3.68. The minimum atomic E-state index is -4.45. The van der Waals surface area contributed by atoms with Crippen LogP contribution < -0.4 is 10.1 Å². The summed E-state index contributed by atoms with van der Waals surface area (Å²) >= 11 is 3.33. The van der Waals surface area contributed by atoms with E-state index in [1.165, 1.54) is 25.3 Å². The second kappa shape index (κ2) is 7.53. The molecule has 2 aromatic rings. The maximum Gasteiger partial charge on any atom is 0.416 e. The molecule has 0 aliphatic rings. The summed E-state index contributed by atoms with van der Waals surface area (Å²) in [6.07, 6.45) is -1.66. The standard InChI is InChI=1S/C17H13BrF3NO2/c1-24-15-7-5-11(9-14(15)18)6-8-16(23)22-13-4-2-3-12(10-13)17(19,20)21/h2-10H,1H3,(H,22,23). The van der Waals surface area contributed by atoms with Crippen LogP contribution in [0.5, 0.6) is 5.75 Å². The van der Waals surface area contributed by atoms with E-state index in [1.54, 1.807) is 24.3 Å². The Morgan fingerprint density at radius 3 is 2.58 bits per heavy atom. The molecule has 0 atom stereocenters. The molecule has 24 heavy (non-hydrogen) atoms. The van der Waals surface area contributed by atoms with Gasteiger partial charge in [-0.25, -0.2) is 0 Å². The molecule has 3 nitrogen and oxygen atoms in total. The van der Waals surface area contributed by atoms with Crippen LogP contribution in [0.1, 0.15) is 11.1 Å². The Labute approximate surface area is 145 Å². The topological polar surface area (TPSA) is 38.3 Å². The van der Waals surface area contributed by atoms with Crippen molar-refractivity contribution < 1.29 is 22.7 Å². The normalized spacial score (nSPS) is 11.5. The van der Waals surface area contributed by atoms with E-state index in [1.807, 2.05) is 0 Å². The Morgan fingerprint density at radius 1 is 1.21 bits per heavy atom. The predicted octanol–water partition coefficient (Wildman–Crippen LogP) is 5.13. The van der Waals surface area contributed by atoms with Crippen LogP contribution in [0.3, 0.4) is 0 Å². The van der Waals surface area contributed by atoms with Crippen LogP contribution in [0, 0.1) is 0 Å². The summed E-state index contributed by atoms with van der Waals surface area (Å²) in [4.78, 5) is 11.8. The number of anilines is 1. The molecule has 0 spiro atoms. The van der Waals surface area contributed by atoms with Crippen molar-refractivity contribution in [2.45, 2.75) is 6.18 Å². The highest BCUT2D eigenvalue weighted by atomic mass is 79.9. The van der Waals surface area contributed by atoms with Gasteiger partial charge in [-0.3, -0.25) is 4.79 Å². The number of nitrogens with one attached hydrogen (secondary N) is 1. The number of hydrogen-bond donors (Lipinski definition) is 1. The average molecular weight is 400 g/mol. The number of carbonyl (C=O) groups excluding carboxylic acids is 1. The maximum atomic E-state index is 12.6. The van der Waals surface area contributed by atoms with E-state index in [9.17, 15) is 18.0 Å². The number of halogens is 4. The van der Waals surface area contributed by atoms with Crippen LogP contribution in [0.25, 0.3) is 6.08 Å². The molecule has 0 saturated carbocycles. The number of hydrogen-bond acceptors (Lipinski definition) is 2. The van der Waals surface area contributed by atoms with Gasteiger partial charge in [-0.05, 0) is 57.9 Å². The fraction of sp³-hybridized carbons (Fsp3) is 0.118. The minimum Gasteiger partial charge on any atom is -0.496 e. The Kier molecular flexibility index (Phi) is 5.66. The summed E-state index contributed by atoms with van der Waals surface area (Å²) in [5, 5.41) is 2.40. The number of amides is 1. The number of rotatable bonds is 4. The van der Waals surface area contributed by atoms with Crippen LogP contribution in [-0.4, -0.2) is 13.0 Å². The highest BCUT2D eigenvalue weighted by Crippen LogP contribution is 2.30. The summed E-state index contributed by atoms with van der Waals surface area (Å²) in [7, 11) is 1.54. The van der Waals surface area contributed by atoms with Gasteiger partial charge in [0.1, 0.15) is 5.75 Å². The highest BCUT2D eigenvalue weighted by Gasteiger charge is 2.30. The zero-order valence-electron chi connectivity index (χ0n) is 12.5. The molecule has 0 heterocycles. The molecule has 126 valence electrons. The molecule has 0 aliphatic carbocycles. The molecule has 0 radical (unpaired) electrons. The van der Waals surface area contributed by atoms with Crippen molar-refractivity contribution in [3.8, 4) is 5.75 Å². The third-order valence-electron chi connectivity index (χ3n) is 3.06. The lowest BCUT2D eigenvalue weighted by Crippen LogP contribution is -2.10. The first-order valence-electron chi connectivity index (χ1n) is 6.79. The molecule has 0 bridgehead atoms. The first-order chi connectivity index (χ1) is 11.3. The fourth-order valence-electron chi connectivity index (χ4n) is 1.92. The first-order valence-corrected chi connectivity index (χ1v) is 7.59. The van der Waals surface area contributed by atoms with E-state index in [4.69, 9.17) is 4.74 Å². The molecular formula is C17H13BrF3NO2. The largest absolute Gasteiger partial charge is 0.496 e. The molecule has 0 fully saturated rings. The van der Waals surface area contributed by atoms with Gasteiger partial charge in [0.25, 0.3) is 0 Å². The SMILES string of the molecule is COc1ccc(C=CC(=O)Nc2cccc(C(F)(F)F)c2)cc1Br. The predicted molar refractivity (Wildman–Crippen MR) is 89.8 cm³/mol. The molecule has 2 aromatic carbocycles. The Balaban J connectivity index is 2.07. The Bertz CT molecular complexity index is 773. The van der Waals surface area contributed by atoms with E-state index >= 15 is 0 Å². The van der Waals surface area contributed by atoms with Crippen molar-refractivity contribution in [2.75, 3.05) is 12.4 Å². The van der Waals surface area contributed by atoms with Gasteiger partial charge >= 0.3 is 6.18 Å². The molecule has 0 unspecified atom stereocenters. The lowest BCUT2D eigenvalue weighted by atomic mass is 10.2. The second-order valence-corrected chi connectivity index (χ2v) is 5.65. The number of alkyl halides is 3. The molecule has 0 saturated heterocycles. The summed E-state index contributed by atoms with van der Waals surface area (Å²) < 4.78 is 43.7. The van der Waals surface area contributed by atoms with Crippen molar-refractivity contribution >= 4 is 33.6 Å². The maximum absolute atomic E-state index is 12.6. The zero-order chi connectivity index (χ0) is 17.7. The van der Waals surface area contributed by atoms with E-state index < -0.39 is 17.6 Å². The fourth-order valence-corrected chi connectivity index (χ4v) is 2.47. The van der Waals surface area contributed by atoms with Gasteiger partial charge in [0, 0.05) is 11.8 Å². The average Bonchev–Trinajstić information content (AvgIpc) is 2.52. The number of methoxy groups -OCH3 is 1. The summed E-state index contributed by atoms with van der Waals surface area (Å²) in [6.45, 7) is 0. The molecule has 0 aromatic heterocycles. The number of benzene rings is 2. The summed E-state index contributed by atoms with van der Waals surface area (Å²) in [5.41, 5.74) is 0.000572.